The number of hydrogen-bond acceptors (Lipinski definition) is 2. The van der Waals surface area contributed by atoms with E-state index < -0.39 is 11.9 Å². The average Bonchev–Trinajstić information content (AvgIpc) is 2.36. The summed E-state index contributed by atoms with van der Waals surface area (Å²) in [5.74, 6) is -2.41. The minimum atomic E-state index is -1.21. The summed E-state index contributed by atoms with van der Waals surface area (Å²) >= 11 is 0. The summed E-state index contributed by atoms with van der Waals surface area (Å²) in [5.41, 5.74) is 1.53. The standard InChI is InChI=1S/C15H16O4/c1-3-6-11-7-4-5-8-12(11)9-13(15(18)19)10(2)14(16)17/h3-5,7-8H,1,6,9H2,2H3,(H,16,17)(H,18,19)/b13-10+. The van der Waals surface area contributed by atoms with Crippen LogP contribution in [0.4, 0.5) is 0 Å². The van der Waals surface area contributed by atoms with E-state index in [1.165, 1.54) is 6.92 Å². The van der Waals surface area contributed by atoms with Gasteiger partial charge in [-0.2, -0.15) is 0 Å². The first-order valence-electron chi connectivity index (χ1n) is 5.81. The molecule has 0 aliphatic carbocycles. The van der Waals surface area contributed by atoms with Crippen LogP contribution in [0.1, 0.15) is 18.1 Å². The number of rotatable bonds is 6. The van der Waals surface area contributed by atoms with Crippen molar-refractivity contribution in [1.29, 1.82) is 0 Å². The van der Waals surface area contributed by atoms with Crippen LogP contribution >= 0.6 is 0 Å². The van der Waals surface area contributed by atoms with E-state index in [4.69, 9.17) is 10.2 Å². The molecule has 0 spiro atoms. The van der Waals surface area contributed by atoms with E-state index in [0.29, 0.717) is 6.42 Å². The molecular weight excluding hydrogens is 244 g/mol. The van der Waals surface area contributed by atoms with Crippen LogP contribution in [-0.2, 0) is 22.4 Å². The number of benzene rings is 1. The van der Waals surface area contributed by atoms with Crippen LogP contribution in [0.2, 0.25) is 0 Å². The molecule has 0 heterocycles. The fourth-order valence-corrected chi connectivity index (χ4v) is 1.77. The highest BCUT2D eigenvalue weighted by atomic mass is 16.4. The van der Waals surface area contributed by atoms with Crippen LogP contribution < -0.4 is 0 Å². The van der Waals surface area contributed by atoms with Gasteiger partial charge in [-0.25, -0.2) is 9.59 Å². The van der Waals surface area contributed by atoms with Crippen molar-refractivity contribution in [1.82, 2.24) is 0 Å². The lowest BCUT2D eigenvalue weighted by Crippen LogP contribution is -2.12. The first-order chi connectivity index (χ1) is 8.97. The minimum absolute atomic E-state index is 0.0935. The molecule has 0 aliphatic heterocycles. The normalized spacial score (nSPS) is 11.6. The SMILES string of the molecule is C=CCc1ccccc1C/C(C(=O)O)=C(/C)C(=O)O. The van der Waals surface area contributed by atoms with Gasteiger partial charge in [0.1, 0.15) is 0 Å². The molecule has 0 radical (unpaired) electrons. The predicted molar refractivity (Wildman–Crippen MR) is 72.0 cm³/mol. The van der Waals surface area contributed by atoms with Gasteiger partial charge in [0.25, 0.3) is 0 Å². The zero-order valence-corrected chi connectivity index (χ0v) is 10.7. The van der Waals surface area contributed by atoms with Crippen LogP contribution in [0.5, 0.6) is 0 Å². The molecule has 0 atom stereocenters. The lowest BCUT2D eigenvalue weighted by atomic mass is 9.95. The van der Waals surface area contributed by atoms with Gasteiger partial charge in [0, 0.05) is 12.0 Å². The van der Waals surface area contributed by atoms with Crippen LogP contribution in [0.3, 0.4) is 0 Å². The van der Waals surface area contributed by atoms with E-state index in [1.807, 2.05) is 12.1 Å². The monoisotopic (exact) mass is 260 g/mol. The lowest BCUT2D eigenvalue weighted by molar-refractivity contribution is -0.136. The molecule has 0 unspecified atom stereocenters. The molecule has 0 fully saturated rings. The van der Waals surface area contributed by atoms with Crippen LogP contribution in [0.25, 0.3) is 0 Å². The largest absolute Gasteiger partial charge is 0.478 e. The highest BCUT2D eigenvalue weighted by Crippen LogP contribution is 2.17. The predicted octanol–water partition coefficient (Wildman–Crippen LogP) is 2.44. The van der Waals surface area contributed by atoms with Crippen molar-refractivity contribution in [2.75, 3.05) is 0 Å². The molecule has 19 heavy (non-hydrogen) atoms. The number of allylic oxidation sites excluding steroid dienone is 1. The van der Waals surface area contributed by atoms with Crippen LogP contribution in [0, 0.1) is 0 Å². The molecular formula is C15H16O4. The third-order valence-corrected chi connectivity index (χ3v) is 2.88. The van der Waals surface area contributed by atoms with Crippen molar-refractivity contribution >= 4 is 11.9 Å². The van der Waals surface area contributed by atoms with Gasteiger partial charge in [-0.3, -0.25) is 0 Å². The third-order valence-electron chi connectivity index (χ3n) is 2.88. The molecule has 1 aromatic carbocycles. The summed E-state index contributed by atoms with van der Waals surface area (Å²) in [6, 6.07) is 7.34. The van der Waals surface area contributed by atoms with Gasteiger partial charge in [0.05, 0.1) is 5.57 Å². The molecule has 1 aromatic rings. The molecule has 0 saturated carbocycles. The smallest absolute Gasteiger partial charge is 0.332 e. The minimum Gasteiger partial charge on any atom is -0.478 e. The van der Waals surface area contributed by atoms with Crippen molar-refractivity contribution in [3.05, 3.63) is 59.2 Å². The Morgan fingerprint density at radius 2 is 1.74 bits per heavy atom. The quantitative estimate of drug-likeness (QED) is 0.608. The summed E-state index contributed by atoms with van der Waals surface area (Å²) in [4.78, 5) is 22.1. The summed E-state index contributed by atoms with van der Waals surface area (Å²) in [7, 11) is 0. The van der Waals surface area contributed by atoms with Gasteiger partial charge in [0.2, 0.25) is 0 Å². The Morgan fingerprint density at radius 3 is 2.21 bits per heavy atom. The van der Waals surface area contributed by atoms with Gasteiger partial charge in [-0.05, 0) is 24.5 Å². The first-order valence-corrected chi connectivity index (χ1v) is 5.81. The Hall–Kier alpha value is -2.36. The van der Waals surface area contributed by atoms with Crippen molar-refractivity contribution in [2.24, 2.45) is 0 Å². The molecule has 0 amide bonds. The van der Waals surface area contributed by atoms with Crippen molar-refractivity contribution in [2.45, 2.75) is 19.8 Å². The zero-order chi connectivity index (χ0) is 14.4. The van der Waals surface area contributed by atoms with E-state index in [2.05, 4.69) is 6.58 Å². The zero-order valence-electron chi connectivity index (χ0n) is 10.7. The van der Waals surface area contributed by atoms with E-state index in [0.717, 1.165) is 11.1 Å². The molecule has 0 bridgehead atoms. The second-order valence-corrected chi connectivity index (χ2v) is 4.15. The summed E-state index contributed by atoms with van der Waals surface area (Å²) in [6.45, 7) is 4.96. The fraction of sp³-hybridized carbons (Fsp3) is 0.200. The van der Waals surface area contributed by atoms with E-state index in [-0.39, 0.29) is 17.6 Å². The van der Waals surface area contributed by atoms with Gasteiger partial charge >= 0.3 is 11.9 Å². The number of carboxylic acids is 2. The second kappa shape index (κ2) is 6.54. The molecule has 0 saturated heterocycles. The Morgan fingerprint density at radius 1 is 1.16 bits per heavy atom. The summed E-state index contributed by atoms with van der Waals surface area (Å²) < 4.78 is 0. The molecule has 4 nitrogen and oxygen atoms in total. The van der Waals surface area contributed by atoms with Crippen molar-refractivity contribution in [3.63, 3.8) is 0 Å². The number of hydrogen-bond donors (Lipinski definition) is 2. The molecule has 100 valence electrons. The number of aliphatic carboxylic acids is 2. The summed E-state index contributed by atoms with van der Waals surface area (Å²) in [5, 5.41) is 18.0. The molecule has 0 aliphatic rings. The number of carbonyl (C=O) groups is 2. The maximum Gasteiger partial charge on any atom is 0.332 e. The maximum atomic E-state index is 11.2. The Kier molecular flexibility index (Phi) is 5.06. The number of carboxylic acid groups (broad SMARTS) is 2. The van der Waals surface area contributed by atoms with Gasteiger partial charge < -0.3 is 10.2 Å². The Balaban J connectivity index is 3.18. The maximum absolute atomic E-state index is 11.2. The molecule has 0 aromatic heterocycles. The van der Waals surface area contributed by atoms with Crippen molar-refractivity contribution in [3.8, 4) is 0 Å². The molecule has 2 N–H and O–H groups in total. The molecule has 4 heteroatoms. The highest BCUT2D eigenvalue weighted by molar-refractivity contribution is 5.98. The van der Waals surface area contributed by atoms with E-state index >= 15 is 0 Å². The van der Waals surface area contributed by atoms with E-state index in [9.17, 15) is 9.59 Å². The Labute approximate surface area is 111 Å². The van der Waals surface area contributed by atoms with Gasteiger partial charge in [-0.15, -0.1) is 6.58 Å². The third kappa shape index (κ3) is 3.81. The fourth-order valence-electron chi connectivity index (χ4n) is 1.77. The highest BCUT2D eigenvalue weighted by Gasteiger charge is 2.17. The lowest BCUT2D eigenvalue weighted by Gasteiger charge is -2.09. The second-order valence-electron chi connectivity index (χ2n) is 4.15. The topological polar surface area (TPSA) is 74.6 Å². The Bertz CT molecular complexity index is 541. The summed E-state index contributed by atoms with van der Waals surface area (Å²) in [6.07, 6.45) is 2.44. The van der Waals surface area contributed by atoms with Crippen molar-refractivity contribution < 1.29 is 19.8 Å². The van der Waals surface area contributed by atoms with E-state index in [1.54, 1.807) is 18.2 Å². The first kappa shape index (κ1) is 14.7. The molecule has 1 rings (SSSR count). The van der Waals surface area contributed by atoms with Gasteiger partial charge in [0.15, 0.2) is 0 Å². The average molecular weight is 260 g/mol. The van der Waals surface area contributed by atoms with Crippen LogP contribution in [0.15, 0.2) is 48.1 Å². The van der Waals surface area contributed by atoms with Crippen LogP contribution in [-0.4, -0.2) is 22.2 Å². The van der Waals surface area contributed by atoms with Gasteiger partial charge in [-0.1, -0.05) is 30.3 Å².